The fourth-order valence-corrected chi connectivity index (χ4v) is 3.18. The summed E-state index contributed by atoms with van der Waals surface area (Å²) in [4.78, 5) is 26.0. The molecule has 112 valence electrons. The van der Waals surface area contributed by atoms with Gasteiger partial charge in [0.1, 0.15) is 0 Å². The Morgan fingerprint density at radius 1 is 1.43 bits per heavy atom. The highest BCUT2D eigenvalue weighted by Gasteiger charge is 2.26. The summed E-state index contributed by atoms with van der Waals surface area (Å²) in [6.45, 7) is 4.18. The van der Waals surface area contributed by atoms with Crippen LogP contribution in [0.2, 0.25) is 0 Å². The molecular formula is C16H21N3O2. The van der Waals surface area contributed by atoms with Gasteiger partial charge in [-0.3, -0.25) is 9.59 Å². The van der Waals surface area contributed by atoms with Gasteiger partial charge in [-0.25, -0.2) is 0 Å². The monoisotopic (exact) mass is 287 g/mol. The van der Waals surface area contributed by atoms with Crippen LogP contribution < -0.4 is 10.6 Å². The maximum absolute atomic E-state index is 12.4. The lowest BCUT2D eigenvalue weighted by Gasteiger charge is -2.35. The van der Waals surface area contributed by atoms with Gasteiger partial charge in [-0.05, 0) is 43.6 Å². The summed E-state index contributed by atoms with van der Waals surface area (Å²) in [6, 6.07) is 5.65. The number of likely N-dealkylation sites (tertiary alicyclic amines) is 1. The zero-order valence-corrected chi connectivity index (χ0v) is 12.5. The topological polar surface area (TPSA) is 61.4 Å². The summed E-state index contributed by atoms with van der Waals surface area (Å²) in [6.07, 6.45) is 1.38. The third-order valence-electron chi connectivity index (χ3n) is 4.42. The molecule has 0 radical (unpaired) electrons. The number of nitrogens with zero attached hydrogens (tertiary/aromatic N) is 1. The van der Waals surface area contributed by atoms with Gasteiger partial charge in [0.25, 0.3) is 5.91 Å². The molecule has 5 nitrogen and oxygen atoms in total. The van der Waals surface area contributed by atoms with Crippen molar-refractivity contribution in [1.82, 2.24) is 10.2 Å². The van der Waals surface area contributed by atoms with Crippen molar-refractivity contribution in [1.29, 1.82) is 0 Å². The number of piperidine rings is 1. The number of amides is 2. The van der Waals surface area contributed by atoms with Gasteiger partial charge in [-0.1, -0.05) is 13.0 Å². The van der Waals surface area contributed by atoms with Crippen LogP contribution in [-0.4, -0.2) is 42.9 Å². The Balaban J connectivity index is 1.69. The molecule has 21 heavy (non-hydrogen) atoms. The van der Waals surface area contributed by atoms with E-state index in [1.807, 2.05) is 6.07 Å². The molecule has 0 spiro atoms. The molecule has 0 bridgehead atoms. The number of anilines is 1. The predicted molar refractivity (Wildman–Crippen MR) is 81.3 cm³/mol. The molecule has 1 saturated heterocycles. The second kappa shape index (κ2) is 5.48. The van der Waals surface area contributed by atoms with Crippen molar-refractivity contribution in [2.45, 2.75) is 25.8 Å². The summed E-state index contributed by atoms with van der Waals surface area (Å²) in [5.41, 5.74) is 2.34. The van der Waals surface area contributed by atoms with E-state index >= 15 is 0 Å². The lowest BCUT2D eigenvalue weighted by molar-refractivity contribution is -0.115. The smallest absolute Gasteiger partial charge is 0.251 e. The van der Waals surface area contributed by atoms with Crippen LogP contribution >= 0.6 is 0 Å². The first-order valence-electron chi connectivity index (χ1n) is 7.45. The van der Waals surface area contributed by atoms with E-state index in [2.05, 4.69) is 29.5 Å². The Morgan fingerprint density at radius 3 is 3.00 bits per heavy atom. The van der Waals surface area contributed by atoms with E-state index in [4.69, 9.17) is 0 Å². The first-order chi connectivity index (χ1) is 10.0. The van der Waals surface area contributed by atoms with Gasteiger partial charge < -0.3 is 15.5 Å². The Morgan fingerprint density at radius 2 is 2.24 bits per heavy atom. The Labute approximate surface area is 124 Å². The molecule has 3 rings (SSSR count). The second-order valence-corrected chi connectivity index (χ2v) is 6.21. The number of benzene rings is 1. The van der Waals surface area contributed by atoms with Crippen LogP contribution in [-0.2, 0) is 11.2 Å². The van der Waals surface area contributed by atoms with Crippen LogP contribution in [0.25, 0.3) is 0 Å². The lowest BCUT2D eigenvalue weighted by Crippen LogP contribution is -2.48. The van der Waals surface area contributed by atoms with Gasteiger partial charge >= 0.3 is 0 Å². The number of hydrogen-bond acceptors (Lipinski definition) is 3. The molecule has 2 atom stereocenters. The molecule has 2 aliphatic rings. The molecule has 0 saturated carbocycles. The molecule has 1 fully saturated rings. The third kappa shape index (κ3) is 2.93. The molecule has 2 aliphatic heterocycles. The van der Waals surface area contributed by atoms with Gasteiger partial charge in [-0.15, -0.1) is 0 Å². The van der Waals surface area contributed by atoms with E-state index in [9.17, 15) is 9.59 Å². The van der Waals surface area contributed by atoms with Crippen molar-refractivity contribution >= 4 is 17.5 Å². The molecule has 2 N–H and O–H groups in total. The SMILES string of the molecule is CC1CN(C)CCC1NC(=O)c1ccc2c(c1)NC(=O)C2. The largest absolute Gasteiger partial charge is 0.349 e. The minimum Gasteiger partial charge on any atom is -0.349 e. The third-order valence-corrected chi connectivity index (χ3v) is 4.42. The fraction of sp³-hybridized carbons (Fsp3) is 0.500. The number of carbonyl (C=O) groups excluding carboxylic acids is 2. The molecule has 5 heteroatoms. The maximum Gasteiger partial charge on any atom is 0.251 e. The van der Waals surface area contributed by atoms with E-state index in [0.717, 1.165) is 30.8 Å². The van der Waals surface area contributed by atoms with Crippen molar-refractivity contribution < 1.29 is 9.59 Å². The number of hydrogen-bond donors (Lipinski definition) is 2. The number of nitrogens with one attached hydrogen (secondary N) is 2. The normalized spacial score (nSPS) is 25.3. The lowest BCUT2D eigenvalue weighted by atomic mass is 9.94. The predicted octanol–water partition coefficient (Wildman–Crippen LogP) is 1.25. The van der Waals surface area contributed by atoms with E-state index < -0.39 is 0 Å². The van der Waals surface area contributed by atoms with Crippen molar-refractivity contribution in [3.05, 3.63) is 29.3 Å². The van der Waals surface area contributed by atoms with E-state index in [0.29, 0.717) is 17.9 Å². The van der Waals surface area contributed by atoms with Crippen LogP contribution in [0.1, 0.15) is 29.3 Å². The van der Waals surface area contributed by atoms with Crippen LogP contribution in [0.15, 0.2) is 18.2 Å². The fourth-order valence-electron chi connectivity index (χ4n) is 3.18. The molecule has 0 aliphatic carbocycles. The van der Waals surface area contributed by atoms with Crippen LogP contribution in [0.4, 0.5) is 5.69 Å². The molecule has 2 unspecified atom stereocenters. The van der Waals surface area contributed by atoms with Gasteiger partial charge in [0, 0.05) is 23.8 Å². The summed E-state index contributed by atoms with van der Waals surface area (Å²) in [7, 11) is 2.11. The van der Waals surface area contributed by atoms with Crippen LogP contribution in [0, 0.1) is 5.92 Å². The van der Waals surface area contributed by atoms with Gasteiger partial charge in [0.15, 0.2) is 0 Å². The van der Waals surface area contributed by atoms with Crippen molar-refractivity contribution in [2.24, 2.45) is 5.92 Å². The molecule has 1 aromatic carbocycles. The minimum absolute atomic E-state index is 0.00787. The molecule has 2 amide bonds. The summed E-state index contributed by atoms with van der Waals surface area (Å²) >= 11 is 0. The Hall–Kier alpha value is -1.88. The van der Waals surface area contributed by atoms with Gasteiger partial charge in [0.05, 0.1) is 6.42 Å². The standard InChI is InChI=1S/C16H21N3O2/c1-10-9-19(2)6-5-13(10)18-16(21)12-4-3-11-8-15(20)17-14(11)7-12/h3-4,7,10,13H,5-6,8-9H2,1-2H3,(H,17,20)(H,18,21). The highest BCUT2D eigenvalue weighted by atomic mass is 16.2. The zero-order chi connectivity index (χ0) is 15.0. The van der Waals surface area contributed by atoms with Crippen molar-refractivity contribution in [3.63, 3.8) is 0 Å². The van der Waals surface area contributed by atoms with Crippen LogP contribution in [0.5, 0.6) is 0 Å². The van der Waals surface area contributed by atoms with E-state index in [-0.39, 0.29) is 17.9 Å². The molecule has 1 aromatic rings. The summed E-state index contributed by atoms with van der Waals surface area (Å²) in [5, 5.41) is 5.91. The van der Waals surface area contributed by atoms with E-state index in [1.165, 1.54) is 0 Å². The first-order valence-corrected chi connectivity index (χ1v) is 7.45. The van der Waals surface area contributed by atoms with Crippen molar-refractivity contribution in [2.75, 3.05) is 25.5 Å². The molecular weight excluding hydrogens is 266 g/mol. The van der Waals surface area contributed by atoms with E-state index in [1.54, 1.807) is 12.1 Å². The number of carbonyl (C=O) groups is 2. The average molecular weight is 287 g/mol. The highest BCUT2D eigenvalue weighted by molar-refractivity contribution is 6.02. The molecule has 0 aromatic heterocycles. The quantitative estimate of drug-likeness (QED) is 0.860. The second-order valence-electron chi connectivity index (χ2n) is 6.21. The first kappa shape index (κ1) is 14.1. The number of fused-ring (bicyclic) bond motifs is 1. The zero-order valence-electron chi connectivity index (χ0n) is 12.5. The highest BCUT2D eigenvalue weighted by Crippen LogP contribution is 2.24. The number of rotatable bonds is 2. The summed E-state index contributed by atoms with van der Waals surface area (Å²) in [5.74, 6) is 0.383. The average Bonchev–Trinajstić information content (AvgIpc) is 2.80. The Bertz CT molecular complexity index is 585. The summed E-state index contributed by atoms with van der Waals surface area (Å²) < 4.78 is 0. The maximum atomic E-state index is 12.4. The van der Waals surface area contributed by atoms with Gasteiger partial charge in [-0.2, -0.15) is 0 Å². The molecule has 2 heterocycles. The van der Waals surface area contributed by atoms with Crippen LogP contribution in [0.3, 0.4) is 0 Å². The van der Waals surface area contributed by atoms with Crippen molar-refractivity contribution in [3.8, 4) is 0 Å². The Kier molecular flexibility index (Phi) is 3.68. The van der Waals surface area contributed by atoms with Gasteiger partial charge in [0.2, 0.25) is 5.91 Å². The minimum atomic E-state index is -0.0552.